The van der Waals surface area contributed by atoms with Crippen molar-refractivity contribution in [1.29, 1.82) is 0 Å². The lowest BCUT2D eigenvalue weighted by molar-refractivity contribution is 0.111. The first-order valence-electron chi connectivity index (χ1n) is 5.81. The standard InChI is InChI=1S/C12H20N2O3S/c1-10(15)12(2,3)14-18(16,17)9-6-11-4-7-13-8-5-11/h4-5,7-8,10,14-15H,6,9H2,1-3H3. The van der Waals surface area contributed by atoms with Crippen LogP contribution >= 0.6 is 0 Å². The molecular weight excluding hydrogens is 252 g/mol. The number of aliphatic hydroxyl groups is 1. The van der Waals surface area contributed by atoms with E-state index in [4.69, 9.17) is 0 Å². The van der Waals surface area contributed by atoms with E-state index in [0.717, 1.165) is 5.56 Å². The van der Waals surface area contributed by atoms with E-state index in [0.29, 0.717) is 6.42 Å². The Hall–Kier alpha value is -0.980. The van der Waals surface area contributed by atoms with E-state index in [1.807, 2.05) is 0 Å². The Morgan fingerprint density at radius 1 is 1.39 bits per heavy atom. The highest BCUT2D eigenvalue weighted by atomic mass is 32.2. The molecule has 0 fully saturated rings. The Labute approximate surface area is 108 Å². The van der Waals surface area contributed by atoms with Gasteiger partial charge in [0.05, 0.1) is 17.4 Å². The van der Waals surface area contributed by atoms with Crippen LogP contribution < -0.4 is 4.72 Å². The van der Waals surface area contributed by atoms with Gasteiger partial charge in [0.2, 0.25) is 10.0 Å². The minimum atomic E-state index is -3.41. The molecule has 0 aliphatic heterocycles. The second-order valence-electron chi connectivity index (χ2n) is 4.92. The van der Waals surface area contributed by atoms with Crippen LogP contribution in [0, 0.1) is 0 Å². The van der Waals surface area contributed by atoms with Gasteiger partial charge in [-0.2, -0.15) is 0 Å². The molecule has 0 aliphatic rings. The number of aryl methyl sites for hydroxylation is 1. The van der Waals surface area contributed by atoms with E-state index in [1.54, 1.807) is 45.3 Å². The summed E-state index contributed by atoms with van der Waals surface area (Å²) in [4.78, 5) is 3.87. The third-order valence-corrected chi connectivity index (χ3v) is 4.45. The van der Waals surface area contributed by atoms with Gasteiger partial charge in [-0.15, -0.1) is 0 Å². The summed E-state index contributed by atoms with van der Waals surface area (Å²) in [6, 6.07) is 3.57. The van der Waals surface area contributed by atoms with Crippen molar-refractivity contribution in [1.82, 2.24) is 9.71 Å². The molecule has 0 spiro atoms. The Bertz CT molecular complexity index is 469. The Morgan fingerprint density at radius 2 is 1.94 bits per heavy atom. The van der Waals surface area contributed by atoms with Gasteiger partial charge < -0.3 is 5.11 Å². The number of rotatable bonds is 6. The summed E-state index contributed by atoms with van der Waals surface area (Å²) in [6.07, 6.45) is 2.94. The van der Waals surface area contributed by atoms with Crippen LogP contribution in [0.5, 0.6) is 0 Å². The summed E-state index contributed by atoms with van der Waals surface area (Å²) < 4.78 is 26.3. The molecule has 5 nitrogen and oxygen atoms in total. The van der Waals surface area contributed by atoms with Crippen molar-refractivity contribution in [2.24, 2.45) is 0 Å². The molecule has 1 aromatic heterocycles. The van der Waals surface area contributed by atoms with Gasteiger partial charge in [0, 0.05) is 12.4 Å². The molecule has 0 bridgehead atoms. The average Bonchev–Trinajstić information content (AvgIpc) is 2.26. The van der Waals surface area contributed by atoms with E-state index in [1.165, 1.54) is 0 Å². The maximum atomic E-state index is 11.9. The topological polar surface area (TPSA) is 79.3 Å². The van der Waals surface area contributed by atoms with Gasteiger partial charge in [0.25, 0.3) is 0 Å². The third kappa shape index (κ3) is 4.72. The van der Waals surface area contributed by atoms with Crippen LogP contribution in [-0.4, -0.2) is 35.9 Å². The number of aromatic nitrogens is 1. The van der Waals surface area contributed by atoms with Crippen LogP contribution in [0.4, 0.5) is 0 Å². The molecule has 0 saturated heterocycles. The summed E-state index contributed by atoms with van der Waals surface area (Å²) in [7, 11) is -3.41. The molecule has 0 aromatic carbocycles. The van der Waals surface area contributed by atoms with Crippen molar-refractivity contribution in [2.75, 3.05) is 5.75 Å². The van der Waals surface area contributed by atoms with Crippen molar-refractivity contribution < 1.29 is 13.5 Å². The molecule has 0 aliphatic carbocycles. The monoisotopic (exact) mass is 272 g/mol. The minimum absolute atomic E-state index is 0.00678. The minimum Gasteiger partial charge on any atom is -0.391 e. The van der Waals surface area contributed by atoms with Gasteiger partial charge in [-0.1, -0.05) is 0 Å². The fraction of sp³-hybridized carbons (Fsp3) is 0.583. The molecule has 6 heteroatoms. The molecule has 102 valence electrons. The molecule has 18 heavy (non-hydrogen) atoms. The van der Waals surface area contributed by atoms with Gasteiger partial charge in [-0.05, 0) is 44.9 Å². The van der Waals surface area contributed by atoms with Crippen LogP contribution in [0.3, 0.4) is 0 Å². The number of aliphatic hydroxyl groups excluding tert-OH is 1. The lowest BCUT2D eigenvalue weighted by atomic mass is 10.0. The molecule has 0 saturated carbocycles. The molecular formula is C12H20N2O3S. The van der Waals surface area contributed by atoms with Crippen molar-refractivity contribution in [2.45, 2.75) is 38.8 Å². The molecule has 1 rings (SSSR count). The van der Waals surface area contributed by atoms with E-state index in [2.05, 4.69) is 9.71 Å². The van der Waals surface area contributed by atoms with E-state index >= 15 is 0 Å². The second kappa shape index (κ2) is 5.77. The summed E-state index contributed by atoms with van der Waals surface area (Å²) in [5, 5.41) is 9.49. The number of hydrogen-bond acceptors (Lipinski definition) is 4. The zero-order valence-electron chi connectivity index (χ0n) is 10.9. The highest BCUT2D eigenvalue weighted by Gasteiger charge is 2.29. The van der Waals surface area contributed by atoms with Crippen LogP contribution in [0.1, 0.15) is 26.3 Å². The number of sulfonamides is 1. The van der Waals surface area contributed by atoms with Gasteiger partial charge in [-0.3, -0.25) is 4.98 Å². The van der Waals surface area contributed by atoms with Crippen molar-refractivity contribution in [3.8, 4) is 0 Å². The second-order valence-corrected chi connectivity index (χ2v) is 6.77. The van der Waals surface area contributed by atoms with Crippen molar-refractivity contribution >= 4 is 10.0 Å². The summed E-state index contributed by atoms with van der Waals surface area (Å²) in [6.45, 7) is 4.87. The number of pyridine rings is 1. The lowest BCUT2D eigenvalue weighted by Crippen LogP contribution is -2.51. The fourth-order valence-corrected chi connectivity index (χ4v) is 2.92. The zero-order chi connectivity index (χ0) is 13.8. The molecule has 0 radical (unpaired) electrons. The van der Waals surface area contributed by atoms with E-state index in [9.17, 15) is 13.5 Å². The SMILES string of the molecule is CC(O)C(C)(C)NS(=O)(=O)CCc1ccncc1. The Kier molecular flexibility index (Phi) is 4.84. The molecule has 1 aromatic rings. The Balaban J connectivity index is 2.61. The average molecular weight is 272 g/mol. The maximum Gasteiger partial charge on any atom is 0.212 e. The van der Waals surface area contributed by atoms with Gasteiger partial charge in [-0.25, -0.2) is 13.1 Å². The molecule has 1 atom stereocenters. The Morgan fingerprint density at radius 3 is 2.44 bits per heavy atom. The van der Waals surface area contributed by atoms with Gasteiger partial charge in [0.1, 0.15) is 0 Å². The van der Waals surface area contributed by atoms with Crippen LogP contribution in [0.25, 0.3) is 0 Å². The quantitative estimate of drug-likeness (QED) is 0.799. The lowest BCUT2D eigenvalue weighted by Gasteiger charge is -2.28. The maximum absolute atomic E-state index is 11.9. The van der Waals surface area contributed by atoms with Crippen LogP contribution in [-0.2, 0) is 16.4 Å². The molecule has 0 amide bonds. The molecule has 1 unspecified atom stereocenters. The predicted octanol–water partition coefficient (Wildman–Crippen LogP) is 0.703. The molecule has 2 N–H and O–H groups in total. The highest BCUT2D eigenvalue weighted by molar-refractivity contribution is 7.89. The summed E-state index contributed by atoms with van der Waals surface area (Å²) >= 11 is 0. The van der Waals surface area contributed by atoms with Crippen molar-refractivity contribution in [3.63, 3.8) is 0 Å². The fourth-order valence-electron chi connectivity index (χ4n) is 1.34. The molecule has 1 heterocycles. The number of nitrogens with one attached hydrogen (secondary N) is 1. The first-order valence-corrected chi connectivity index (χ1v) is 7.47. The smallest absolute Gasteiger partial charge is 0.212 e. The normalized spacial score (nSPS) is 14.4. The zero-order valence-corrected chi connectivity index (χ0v) is 11.7. The number of hydrogen-bond donors (Lipinski definition) is 2. The van der Waals surface area contributed by atoms with Crippen molar-refractivity contribution in [3.05, 3.63) is 30.1 Å². The first kappa shape index (κ1) is 15.1. The van der Waals surface area contributed by atoms with Gasteiger partial charge in [0.15, 0.2) is 0 Å². The number of nitrogens with zero attached hydrogens (tertiary/aromatic N) is 1. The van der Waals surface area contributed by atoms with Crippen LogP contribution in [0.2, 0.25) is 0 Å². The third-order valence-electron chi connectivity index (χ3n) is 2.87. The highest BCUT2D eigenvalue weighted by Crippen LogP contribution is 2.11. The van der Waals surface area contributed by atoms with E-state index in [-0.39, 0.29) is 5.75 Å². The van der Waals surface area contributed by atoms with E-state index < -0.39 is 21.7 Å². The van der Waals surface area contributed by atoms with Crippen LogP contribution in [0.15, 0.2) is 24.5 Å². The predicted molar refractivity (Wildman–Crippen MR) is 70.6 cm³/mol. The first-order chi connectivity index (χ1) is 8.23. The summed E-state index contributed by atoms with van der Waals surface area (Å²) in [5.74, 6) is -0.00678. The largest absolute Gasteiger partial charge is 0.391 e. The summed E-state index contributed by atoms with van der Waals surface area (Å²) in [5.41, 5.74) is 0.0575. The van der Waals surface area contributed by atoms with Gasteiger partial charge >= 0.3 is 0 Å².